The number of rotatable bonds is 4. The van der Waals surface area contributed by atoms with Crippen molar-refractivity contribution in [1.29, 1.82) is 0 Å². The summed E-state index contributed by atoms with van der Waals surface area (Å²) in [5.41, 5.74) is 0. The highest BCUT2D eigenvalue weighted by molar-refractivity contribution is 5.54. The van der Waals surface area contributed by atoms with Crippen LogP contribution in [0.2, 0.25) is 0 Å². The molecule has 10 heavy (non-hydrogen) atoms. The third-order valence-electron chi connectivity index (χ3n) is 1.31. The third kappa shape index (κ3) is 4.13. The fourth-order valence-corrected chi connectivity index (χ4v) is 0.580. The lowest BCUT2D eigenvalue weighted by Gasteiger charge is -2.10. The van der Waals surface area contributed by atoms with Gasteiger partial charge < -0.3 is 5.32 Å². The van der Waals surface area contributed by atoms with Crippen molar-refractivity contribution in [3.8, 4) is 0 Å². The van der Waals surface area contributed by atoms with Gasteiger partial charge in [0.05, 0.1) is 0 Å². The number of hydrogen-bond acceptors (Lipinski definition) is 2. The third-order valence-corrected chi connectivity index (χ3v) is 1.31. The number of nitrogens with one attached hydrogen (secondary N) is 1. The molecular formula is C8H16N2. The molecule has 0 aromatic carbocycles. The SMILES string of the molecule is C=C(N=CC)NC(C)CC. The molecule has 2 nitrogen and oxygen atoms in total. The minimum atomic E-state index is 0.469. The Morgan fingerprint density at radius 1 is 1.80 bits per heavy atom. The Bertz CT molecular complexity index is 127. The van der Waals surface area contributed by atoms with Crippen LogP contribution in [-0.2, 0) is 0 Å². The normalized spacial score (nSPS) is 13.5. The van der Waals surface area contributed by atoms with E-state index in [1.807, 2.05) is 6.92 Å². The molecule has 58 valence electrons. The summed E-state index contributed by atoms with van der Waals surface area (Å²) in [4.78, 5) is 3.98. The van der Waals surface area contributed by atoms with E-state index in [-0.39, 0.29) is 0 Å². The van der Waals surface area contributed by atoms with Crippen LogP contribution < -0.4 is 5.32 Å². The Balaban J connectivity index is 3.57. The molecule has 0 heterocycles. The summed E-state index contributed by atoms with van der Waals surface area (Å²) in [6.45, 7) is 9.83. The topological polar surface area (TPSA) is 24.4 Å². The summed E-state index contributed by atoms with van der Waals surface area (Å²) < 4.78 is 0. The summed E-state index contributed by atoms with van der Waals surface area (Å²) in [5.74, 6) is 0.747. The number of aliphatic imine (C=N–C) groups is 1. The van der Waals surface area contributed by atoms with Gasteiger partial charge in [0.2, 0.25) is 0 Å². The van der Waals surface area contributed by atoms with Crippen molar-refractivity contribution in [3.05, 3.63) is 12.4 Å². The maximum atomic E-state index is 3.98. The molecule has 0 spiro atoms. The van der Waals surface area contributed by atoms with Crippen LogP contribution in [0.3, 0.4) is 0 Å². The van der Waals surface area contributed by atoms with E-state index in [0.29, 0.717) is 6.04 Å². The Kier molecular flexibility index (Phi) is 4.63. The van der Waals surface area contributed by atoms with E-state index in [2.05, 4.69) is 30.7 Å². The average Bonchev–Trinajstić information content (AvgIpc) is 1.88. The highest BCUT2D eigenvalue weighted by Gasteiger charge is 1.95. The van der Waals surface area contributed by atoms with Crippen LogP contribution in [0.4, 0.5) is 0 Å². The van der Waals surface area contributed by atoms with E-state index >= 15 is 0 Å². The van der Waals surface area contributed by atoms with E-state index in [4.69, 9.17) is 0 Å². The first kappa shape index (κ1) is 9.21. The van der Waals surface area contributed by atoms with Crippen LogP contribution in [-0.4, -0.2) is 12.3 Å². The van der Waals surface area contributed by atoms with Gasteiger partial charge in [-0.15, -0.1) is 0 Å². The Morgan fingerprint density at radius 3 is 2.80 bits per heavy atom. The van der Waals surface area contributed by atoms with Crippen LogP contribution in [0, 0.1) is 0 Å². The summed E-state index contributed by atoms with van der Waals surface area (Å²) in [7, 11) is 0. The molecule has 1 unspecified atom stereocenters. The Morgan fingerprint density at radius 2 is 2.40 bits per heavy atom. The first-order valence-corrected chi connectivity index (χ1v) is 3.64. The lowest BCUT2D eigenvalue weighted by atomic mass is 10.3. The molecule has 0 amide bonds. The second-order valence-electron chi connectivity index (χ2n) is 2.29. The average molecular weight is 140 g/mol. The quantitative estimate of drug-likeness (QED) is 0.593. The molecule has 0 bridgehead atoms. The molecule has 0 radical (unpaired) electrons. The lowest BCUT2D eigenvalue weighted by Crippen LogP contribution is -2.22. The number of hydrogen-bond donors (Lipinski definition) is 1. The van der Waals surface area contributed by atoms with Crippen LogP contribution in [0.1, 0.15) is 27.2 Å². The molecule has 1 N–H and O–H groups in total. The molecule has 0 aliphatic heterocycles. The van der Waals surface area contributed by atoms with Crippen molar-refractivity contribution in [2.45, 2.75) is 33.2 Å². The van der Waals surface area contributed by atoms with Crippen LogP contribution in [0.25, 0.3) is 0 Å². The fraction of sp³-hybridized carbons (Fsp3) is 0.625. The van der Waals surface area contributed by atoms with Crippen LogP contribution >= 0.6 is 0 Å². The minimum Gasteiger partial charge on any atom is -0.368 e. The van der Waals surface area contributed by atoms with Crippen molar-refractivity contribution >= 4 is 6.21 Å². The lowest BCUT2D eigenvalue weighted by molar-refractivity contribution is 0.594. The highest BCUT2D eigenvalue weighted by atomic mass is 15.0. The molecule has 0 saturated carbocycles. The zero-order valence-electron chi connectivity index (χ0n) is 7.02. The summed E-state index contributed by atoms with van der Waals surface area (Å²) in [6.07, 6.45) is 2.83. The molecule has 0 rings (SSSR count). The van der Waals surface area contributed by atoms with Gasteiger partial charge >= 0.3 is 0 Å². The Hall–Kier alpha value is -0.790. The monoisotopic (exact) mass is 140 g/mol. The summed E-state index contributed by atoms with van der Waals surface area (Å²) in [6, 6.07) is 0.469. The van der Waals surface area contributed by atoms with Gasteiger partial charge in [0.15, 0.2) is 0 Å². The van der Waals surface area contributed by atoms with Gasteiger partial charge in [-0.05, 0) is 20.3 Å². The Labute approximate surface area is 63.0 Å². The van der Waals surface area contributed by atoms with Gasteiger partial charge in [-0.1, -0.05) is 13.5 Å². The standard InChI is InChI=1S/C8H16N2/c1-5-7(3)10-8(4)9-6-2/h6-7,10H,4-5H2,1-3H3. The van der Waals surface area contributed by atoms with Crippen molar-refractivity contribution in [1.82, 2.24) is 5.32 Å². The molecule has 1 atom stereocenters. The predicted molar refractivity (Wildman–Crippen MR) is 46.2 cm³/mol. The smallest absolute Gasteiger partial charge is 0.118 e. The maximum Gasteiger partial charge on any atom is 0.118 e. The van der Waals surface area contributed by atoms with E-state index in [1.165, 1.54) is 0 Å². The van der Waals surface area contributed by atoms with E-state index in [9.17, 15) is 0 Å². The maximum absolute atomic E-state index is 3.98. The van der Waals surface area contributed by atoms with Gasteiger partial charge in [0.25, 0.3) is 0 Å². The fourth-order valence-electron chi connectivity index (χ4n) is 0.580. The molecule has 0 saturated heterocycles. The number of nitrogens with zero attached hydrogens (tertiary/aromatic N) is 1. The molecule has 0 aliphatic carbocycles. The summed E-state index contributed by atoms with van der Waals surface area (Å²) >= 11 is 0. The van der Waals surface area contributed by atoms with Crippen molar-refractivity contribution in [2.24, 2.45) is 4.99 Å². The zero-order valence-corrected chi connectivity index (χ0v) is 7.02. The molecule has 0 fully saturated rings. The van der Waals surface area contributed by atoms with Crippen molar-refractivity contribution in [2.75, 3.05) is 0 Å². The van der Waals surface area contributed by atoms with Gasteiger partial charge in [-0.2, -0.15) is 0 Å². The van der Waals surface area contributed by atoms with Crippen molar-refractivity contribution < 1.29 is 0 Å². The van der Waals surface area contributed by atoms with Gasteiger partial charge in [0.1, 0.15) is 5.82 Å². The second-order valence-corrected chi connectivity index (χ2v) is 2.29. The molecular weight excluding hydrogens is 124 g/mol. The zero-order chi connectivity index (χ0) is 7.98. The van der Waals surface area contributed by atoms with E-state index in [1.54, 1.807) is 6.21 Å². The highest BCUT2D eigenvalue weighted by Crippen LogP contribution is 1.93. The molecule has 0 aliphatic rings. The van der Waals surface area contributed by atoms with Crippen LogP contribution in [0.5, 0.6) is 0 Å². The van der Waals surface area contributed by atoms with Gasteiger partial charge in [-0.25, -0.2) is 4.99 Å². The largest absolute Gasteiger partial charge is 0.368 e. The van der Waals surface area contributed by atoms with E-state index < -0.39 is 0 Å². The van der Waals surface area contributed by atoms with Crippen molar-refractivity contribution in [3.63, 3.8) is 0 Å². The molecule has 0 aromatic rings. The second kappa shape index (κ2) is 5.03. The molecule has 0 aromatic heterocycles. The van der Waals surface area contributed by atoms with Gasteiger partial charge in [0, 0.05) is 12.3 Å². The summed E-state index contributed by atoms with van der Waals surface area (Å²) in [5, 5.41) is 3.14. The minimum absolute atomic E-state index is 0.469. The molecule has 2 heteroatoms. The predicted octanol–water partition coefficient (Wildman–Crippen LogP) is 1.94. The first-order chi connectivity index (χ1) is 4.70. The van der Waals surface area contributed by atoms with Gasteiger partial charge in [-0.3, -0.25) is 0 Å². The first-order valence-electron chi connectivity index (χ1n) is 3.64. The van der Waals surface area contributed by atoms with E-state index in [0.717, 1.165) is 12.2 Å². The van der Waals surface area contributed by atoms with Crippen LogP contribution in [0.15, 0.2) is 17.4 Å².